The van der Waals surface area contributed by atoms with Gasteiger partial charge in [0.05, 0.1) is 12.6 Å². The summed E-state index contributed by atoms with van der Waals surface area (Å²) in [4.78, 5) is 11.7. The van der Waals surface area contributed by atoms with Crippen molar-refractivity contribution in [2.75, 3.05) is 6.54 Å². The van der Waals surface area contributed by atoms with Gasteiger partial charge in [0.1, 0.15) is 12.3 Å². The van der Waals surface area contributed by atoms with Gasteiger partial charge in [0, 0.05) is 17.1 Å². The molecule has 4 nitrogen and oxygen atoms in total. The van der Waals surface area contributed by atoms with Crippen molar-refractivity contribution in [3.8, 4) is 18.1 Å². The standard InChI is InChI=1S/C16H18N2O2/c1-4-8-17-16(19)11-18-9-7-13-10-14(20-12(2)3)5-6-15(13)18/h1,5-7,9-10,12H,8,11H2,2-3H3,(H,17,19). The molecule has 20 heavy (non-hydrogen) atoms. The van der Waals surface area contributed by atoms with Crippen LogP contribution in [-0.4, -0.2) is 23.1 Å². The van der Waals surface area contributed by atoms with Crippen LogP contribution in [0.3, 0.4) is 0 Å². The Morgan fingerprint density at radius 1 is 1.45 bits per heavy atom. The lowest BCUT2D eigenvalue weighted by Gasteiger charge is -2.10. The number of carbonyl (C=O) groups excluding carboxylic acids is 1. The van der Waals surface area contributed by atoms with E-state index in [-0.39, 0.29) is 25.1 Å². The van der Waals surface area contributed by atoms with Crippen LogP contribution in [0.4, 0.5) is 0 Å². The van der Waals surface area contributed by atoms with Gasteiger partial charge < -0.3 is 14.6 Å². The molecule has 0 aliphatic carbocycles. The second-order valence-corrected chi connectivity index (χ2v) is 4.81. The molecule has 1 aromatic carbocycles. The molecule has 0 fully saturated rings. The molecule has 1 N–H and O–H groups in total. The number of nitrogens with zero attached hydrogens (tertiary/aromatic N) is 1. The minimum absolute atomic E-state index is 0.0945. The van der Waals surface area contributed by atoms with E-state index in [1.54, 1.807) is 0 Å². The van der Waals surface area contributed by atoms with E-state index in [2.05, 4.69) is 11.2 Å². The molecule has 0 atom stereocenters. The molecule has 104 valence electrons. The lowest BCUT2D eigenvalue weighted by Crippen LogP contribution is -2.27. The Kier molecular flexibility index (Phi) is 4.31. The molecule has 4 heteroatoms. The van der Waals surface area contributed by atoms with Crippen LogP contribution in [-0.2, 0) is 11.3 Å². The van der Waals surface area contributed by atoms with Crippen LogP contribution >= 0.6 is 0 Å². The van der Waals surface area contributed by atoms with Gasteiger partial charge >= 0.3 is 0 Å². The molecule has 2 aromatic rings. The van der Waals surface area contributed by atoms with Gasteiger partial charge in [-0.05, 0) is 38.1 Å². The van der Waals surface area contributed by atoms with Crippen molar-refractivity contribution in [2.45, 2.75) is 26.5 Å². The van der Waals surface area contributed by atoms with Crippen molar-refractivity contribution < 1.29 is 9.53 Å². The number of hydrogen-bond donors (Lipinski definition) is 1. The molecule has 0 bridgehead atoms. The summed E-state index contributed by atoms with van der Waals surface area (Å²) in [6.07, 6.45) is 7.14. The van der Waals surface area contributed by atoms with E-state index in [1.807, 2.05) is 48.9 Å². The van der Waals surface area contributed by atoms with Crippen LogP contribution in [0.15, 0.2) is 30.5 Å². The highest BCUT2D eigenvalue weighted by atomic mass is 16.5. The fourth-order valence-electron chi connectivity index (χ4n) is 2.02. The number of hydrogen-bond acceptors (Lipinski definition) is 2. The molecule has 0 radical (unpaired) electrons. The second-order valence-electron chi connectivity index (χ2n) is 4.81. The number of nitrogens with one attached hydrogen (secondary N) is 1. The molecular formula is C16H18N2O2. The Bertz CT molecular complexity index is 650. The number of amides is 1. The first-order chi connectivity index (χ1) is 9.60. The van der Waals surface area contributed by atoms with Crippen LogP contribution in [0.2, 0.25) is 0 Å². The topological polar surface area (TPSA) is 43.3 Å². The van der Waals surface area contributed by atoms with Crippen LogP contribution in [0, 0.1) is 12.3 Å². The predicted octanol–water partition coefficient (Wildman–Crippen LogP) is 2.18. The molecule has 1 heterocycles. The number of aromatic nitrogens is 1. The maximum atomic E-state index is 11.7. The van der Waals surface area contributed by atoms with Gasteiger partial charge in [-0.3, -0.25) is 4.79 Å². The molecule has 0 aliphatic heterocycles. The van der Waals surface area contributed by atoms with Gasteiger partial charge in [-0.1, -0.05) is 5.92 Å². The van der Waals surface area contributed by atoms with Gasteiger partial charge in [0.15, 0.2) is 0 Å². The van der Waals surface area contributed by atoms with Gasteiger partial charge in [0.2, 0.25) is 5.91 Å². The molecule has 0 unspecified atom stereocenters. The second kappa shape index (κ2) is 6.16. The molecule has 1 aromatic heterocycles. The van der Waals surface area contributed by atoms with E-state index in [0.29, 0.717) is 0 Å². The number of terminal acetylenes is 1. The summed E-state index contributed by atoms with van der Waals surface area (Å²) in [6.45, 7) is 4.50. The minimum Gasteiger partial charge on any atom is -0.491 e. The van der Waals surface area contributed by atoms with Gasteiger partial charge in [-0.15, -0.1) is 6.42 Å². The third kappa shape index (κ3) is 3.33. The summed E-state index contributed by atoms with van der Waals surface area (Å²) >= 11 is 0. The van der Waals surface area contributed by atoms with Crippen molar-refractivity contribution in [1.29, 1.82) is 0 Å². The molecule has 0 spiro atoms. The third-order valence-corrected chi connectivity index (χ3v) is 2.82. The van der Waals surface area contributed by atoms with Crippen LogP contribution < -0.4 is 10.1 Å². The number of carbonyl (C=O) groups is 1. The minimum atomic E-state index is -0.0945. The van der Waals surface area contributed by atoms with Gasteiger partial charge in [0.25, 0.3) is 0 Å². The summed E-state index contributed by atoms with van der Waals surface area (Å²) < 4.78 is 7.54. The van der Waals surface area contributed by atoms with Crippen molar-refractivity contribution in [2.24, 2.45) is 0 Å². The average molecular weight is 270 g/mol. The van der Waals surface area contributed by atoms with Gasteiger partial charge in [-0.2, -0.15) is 0 Å². The zero-order valence-corrected chi connectivity index (χ0v) is 11.7. The van der Waals surface area contributed by atoms with E-state index in [0.717, 1.165) is 16.7 Å². The van der Waals surface area contributed by atoms with Crippen molar-refractivity contribution in [3.63, 3.8) is 0 Å². The molecule has 0 saturated carbocycles. The molecule has 0 saturated heterocycles. The van der Waals surface area contributed by atoms with Gasteiger partial charge in [-0.25, -0.2) is 0 Å². The molecule has 2 rings (SSSR count). The lowest BCUT2D eigenvalue weighted by molar-refractivity contribution is -0.121. The molecule has 0 aliphatic rings. The van der Waals surface area contributed by atoms with E-state index in [1.165, 1.54) is 0 Å². The van der Waals surface area contributed by atoms with Crippen molar-refractivity contribution in [1.82, 2.24) is 9.88 Å². The van der Waals surface area contributed by atoms with E-state index < -0.39 is 0 Å². The highest BCUT2D eigenvalue weighted by Gasteiger charge is 2.07. The lowest BCUT2D eigenvalue weighted by atomic mass is 10.2. The Morgan fingerprint density at radius 2 is 2.25 bits per heavy atom. The highest BCUT2D eigenvalue weighted by molar-refractivity contribution is 5.84. The Labute approximate surface area is 118 Å². The summed E-state index contributed by atoms with van der Waals surface area (Å²) in [5.74, 6) is 3.12. The number of benzene rings is 1. The normalized spacial score (nSPS) is 10.5. The molecular weight excluding hydrogens is 252 g/mol. The fourth-order valence-corrected chi connectivity index (χ4v) is 2.02. The monoisotopic (exact) mass is 270 g/mol. The van der Waals surface area contributed by atoms with Crippen LogP contribution in [0.1, 0.15) is 13.8 Å². The summed E-state index contributed by atoms with van der Waals surface area (Å²) in [6, 6.07) is 7.82. The maximum Gasteiger partial charge on any atom is 0.240 e. The maximum absolute atomic E-state index is 11.7. The smallest absolute Gasteiger partial charge is 0.240 e. The number of rotatable bonds is 5. The zero-order chi connectivity index (χ0) is 14.5. The number of ether oxygens (including phenoxy) is 1. The Morgan fingerprint density at radius 3 is 2.95 bits per heavy atom. The first-order valence-electron chi connectivity index (χ1n) is 6.56. The first-order valence-corrected chi connectivity index (χ1v) is 6.56. The Balaban J connectivity index is 2.16. The third-order valence-electron chi connectivity index (χ3n) is 2.82. The first kappa shape index (κ1) is 14.0. The van der Waals surface area contributed by atoms with Crippen molar-refractivity contribution >= 4 is 16.8 Å². The summed E-state index contributed by atoms with van der Waals surface area (Å²) in [5, 5.41) is 3.70. The van der Waals surface area contributed by atoms with Crippen molar-refractivity contribution in [3.05, 3.63) is 30.5 Å². The largest absolute Gasteiger partial charge is 0.491 e. The van der Waals surface area contributed by atoms with Crippen LogP contribution in [0.25, 0.3) is 10.9 Å². The summed E-state index contributed by atoms with van der Waals surface area (Å²) in [5.41, 5.74) is 0.997. The zero-order valence-electron chi connectivity index (χ0n) is 11.7. The quantitative estimate of drug-likeness (QED) is 0.846. The fraction of sp³-hybridized carbons (Fsp3) is 0.312. The van der Waals surface area contributed by atoms with E-state index in [4.69, 9.17) is 11.2 Å². The van der Waals surface area contributed by atoms with E-state index in [9.17, 15) is 4.79 Å². The highest BCUT2D eigenvalue weighted by Crippen LogP contribution is 2.22. The number of fused-ring (bicyclic) bond motifs is 1. The molecule has 1 amide bonds. The Hall–Kier alpha value is -2.41. The average Bonchev–Trinajstić information content (AvgIpc) is 2.78. The summed E-state index contributed by atoms with van der Waals surface area (Å²) in [7, 11) is 0. The van der Waals surface area contributed by atoms with E-state index >= 15 is 0 Å². The SMILES string of the molecule is C#CCNC(=O)Cn1ccc2cc(OC(C)C)ccc21. The van der Waals surface area contributed by atoms with Crippen LogP contribution in [0.5, 0.6) is 5.75 Å². The predicted molar refractivity (Wildman–Crippen MR) is 79.5 cm³/mol.